The van der Waals surface area contributed by atoms with Crippen LogP contribution in [0, 0.1) is 5.92 Å². The van der Waals surface area contributed by atoms with Gasteiger partial charge in [-0.2, -0.15) is 0 Å². The van der Waals surface area contributed by atoms with Crippen molar-refractivity contribution in [3.63, 3.8) is 0 Å². The predicted molar refractivity (Wildman–Crippen MR) is 51.6 cm³/mol. The van der Waals surface area contributed by atoms with Crippen LogP contribution in [0.1, 0.15) is 20.3 Å². The Balaban J connectivity index is 4.45. The Kier molecular flexibility index (Phi) is 5.26. The maximum Gasteiger partial charge on any atom is 0.0253 e. The summed E-state index contributed by atoms with van der Waals surface area (Å²) in [6.45, 7) is 8.31. The third-order valence-corrected chi connectivity index (χ3v) is 2.43. The van der Waals surface area contributed by atoms with Crippen LogP contribution in [0.5, 0.6) is 0 Å². The molecule has 11 heavy (non-hydrogen) atoms. The average molecular weight is 174 g/mol. The summed E-state index contributed by atoms with van der Waals surface area (Å²) in [5, 5.41) is 0.852. The van der Waals surface area contributed by atoms with Gasteiger partial charge < -0.3 is 5.73 Å². The fourth-order valence-electron chi connectivity index (χ4n) is 0.774. The van der Waals surface area contributed by atoms with Gasteiger partial charge in [0.15, 0.2) is 0 Å². The highest BCUT2D eigenvalue weighted by Gasteiger charge is 2.06. The minimum absolute atomic E-state index is 0.396. The Bertz CT molecular complexity index is 161. The Morgan fingerprint density at radius 3 is 2.55 bits per heavy atom. The Morgan fingerprint density at radius 2 is 2.27 bits per heavy atom. The molecule has 1 atom stereocenters. The van der Waals surface area contributed by atoms with E-state index in [9.17, 15) is 0 Å². The third-order valence-electron chi connectivity index (χ3n) is 1.82. The summed E-state index contributed by atoms with van der Waals surface area (Å²) in [5.74, 6) is 0.396. The number of hydrogen-bond acceptors (Lipinski definition) is 1. The van der Waals surface area contributed by atoms with Gasteiger partial charge in [-0.1, -0.05) is 38.1 Å². The molecule has 0 radical (unpaired) electrons. The largest absolute Gasteiger partial charge is 0.326 e. The van der Waals surface area contributed by atoms with Gasteiger partial charge in [0.05, 0.1) is 0 Å². The average Bonchev–Trinajstić information content (AvgIpc) is 2.05. The predicted octanol–water partition coefficient (Wildman–Crippen LogP) is 2.67. The lowest BCUT2D eigenvalue weighted by atomic mass is 10.0. The molecule has 1 nitrogen and oxygen atoms in total. The zero-order chi connectivity index (χ0) is 8.85. The van der Waals surface area contributed by atoms with Gasteiger partial charge in [0.2, 0.25) is 0 Å². The smallest absolute Gasteiger partial charge is 0.0253 e. The van der Waals surface area contributed by atoms with E-state index in [1.807, 2.05) is 0 Å². The molecule has 0 bridgehead atoms. The van der Waals surface area contributed by atoms with Crippen LogP contribution in [-0.4, -0.2) is 6.54 Å². The van der Waals surface area contributed by atoms with Crippen molar-refractivity contribution in [2.75, 3.05) is 6.54 Å². The maximum atomic E-state index is 6.03. The number of allylic oxidation sites excluding steroid dienone is 1. The van der Waals surface area contributed by atoms with E-state index in [4.69, 9.17) is 17.3 Å². The molecule has 2 N–H and O–H groups in total. The molecule has 0 heterocycles. The van der Waals surface area contributed by atoms with Gasteiger partial charge in [0.25, 0.3) is 0 Å². The lowest BCUT2D eigenvalue weighted by Crippen LogP contribution is -2.05. The summed E-state index contributed by atoms with van der Waals surface area (Å²) < 4.78 is 0. The summed E-state index contributed by atoms with van der Waals surface area (Å²) in [7, 11) is 0. The van der Waals surface area contributed by atoms with Crippen LogP contribution in [0.4, 0.5) is 0 Å². The van der Waals surface area contributed by atoms with E-state index in [-0.39, 0.29) is 0 Å². The fourth-order valence-corrected chi connectivity index (χ4v) is 1.08. The lowest BCUT2D eigenvalue weighted by Gasteiger charge is -2.09. The van der Waals surface area contributed by atoms with Crippen LogP contribution in [0.25, 0.3) is 0 Å². The van der Waals surface area contributed by atoms with Gasteiger partial charge in [-0.25, -0.2) is 0 Å². The number of rotatable bonds is 4. The summed E-state index contributed by atoms with van der Waals surface area (Å²) in [4.78, 5) is 0. The van der Waals surface area contributed by atoms with Crippen molar-refractivity contribution >= 4 is 11.6 Å². The molecule has 0 saturated carbocycles. The van der Waals surface area contributed by atoms with Crippen molar-refractivity contribution in [3.05, 3.63) is 23.3 Å². The van der Waals surface area contributed by atoms with Crippen LogP contribution in [0.3, 0.4) is 0 Å². The SMILES string of the molecule is C=C/C(CN)=C(/Cl)C(C)CC. The first-order chi connectivity index (χ1) is 5.17. The zero-order valence-electron chi connectivity index (χ0n) is 7.23. The van der Waals surface area contributed by atoms with Crippen LogP contribution >= 0.6 is 11.6 Å². The Labute approximate surface area is 73.9 Å². The quantitative estimate of drug-likeness (QED) is 0.650. The van der Waals surface area contributed by atoms with Gasteiger partial charge in [-0.05, 0) is 17.9 Å². The van der Waals surface area contributed by atoms with Crippen molar-refractivity contribution in [2.45, 2.75) is 20.3 Å². The Hall–Kier alpha value is -0.270. The van der Waals surface area contributed by atoms with Crippen LogP contribution in [0.15, 0.2) is 23.3 Å². The van der Waals surface area contributed by atoms with Crippen molar-refractivity contribution in [3.8, 4) is 0 Å². The second kappa shape index (κ2) is 5.39. The van der Waals surface area contributed by atoms with Crippen molar-refractivity contribution in [1.29, 1.82) is 0 Å². The first-order valence-electron chi connectivity index (χ1n) is 3.88. The first-order valence-corrected chi connectivity index (χ1v) is 4.26. The molecular formula is C9H16ClN. The number of halogens is 1. The molecule has 0 aliphatic heterocycles. The normalized spacial score (nSPS) is 15.6. The van der Waals surface area contributed by atoms with Crippen LogP contribution in [-0.2, 0) is 0 Å². The summed E-state index contributed by atoms with van der Waals surface area (Å²) in [6.07, 6.45) is 2.77. The number of hydrogen-bond donors (Lipinski definition) is 1. The molecule has 0 aromatic rings. The standard InChI is InChI=1S/C9H16ClN/c1-4-7(3)9(10)8(5-2)6-11/h5,7H,2,4,6,11H2,1,3H3/b9-8-. The van der Waals surface area contributed by atoms with Crippen molar-refractivity contribution in [1.82, 2.24) is 0 Å². The van der Waals surface area contributed by atoms with Crippen molar-refractivity contribution < 1.29 is 0 Å². The molecule has 0 amide bonds. The molecule has 1 unspecified atom stereocenters. The topological polar surface area (TPSA) is 26.0 Å². The van der Waals surface area contributed by atoms with Crippen molar-refractivity contribution in [2.24, 2.45) is 11.7 Å². The minimum atomic E-state index is 0.396. The minimum Gasteiger partial charge on any atom is -0.326 e. The van der Waals surface area contributed by atoms with Gasteiger partial charge in [-0.3, -0.25) is 0 Å². The highest BCUT2D eigenvalue weighted by molar-refractivity contribution is 6.30. The van der Waals surface area contributed by atoms with Gasteiger partial charge >= 0.3 is 0 Å². The maximum absolute atomic E-state index is 6.03. The van der Waals surface area contributed by atoms with E-state index >= 15 is 0 Å². The molecule has 0 aliphatic carbocycles. The summed E-state index contributed by atoms with van der Waals surface area (Å²) in [6, 6.07) is 0. The monoisotopic (exact) mass is 173 g/mol. The van der Waals surface area contributed by atoms with Gasteiger partial charge in [0.1, 0.15) is 0 Å². The van der Waals surface area contributed by atoms with E-state index in [1.165, 1.54) is 0 Å². The summed E-state index contributed by atoms with van der Waals surface area (Å²) >= 11 is 6.03. The third kappa shape index (κ3) is 3.08. The van der Waals surface area contributed by atoms with Crippen LogP contribution < -0.4 is 5.73 Å². The molecule has 0 rings (SSSR count). The summed E-state index contributed by atoms with van der Waals surface area (Å²) in [5.41, 5.74) is 6.42. The van der Waals surface area contributed by atoms with E-state index in [1.54, 1.807) is 6.08 Å². The molecule has 0 saturated heterocycles. The second-order valence-corrected chi connectivity index (χ2v) is 3.00. The van der Waals surface area contributed by atoms with E-state index in [0.29, 0.717) is 12.5 Å². The fraction of sp³-hybridized carbons (Fsp3) is 0.556. The molecule has 0 spiro atoms. The van der Waals surface area contributed by atoms with E-state index in [2.05, 4.69) is 20.4 Å². The molecular weight excluding hydrogens is 158 g/mol. The van der Waals surface area contributed by atoms with Gasteiger partial charge in [-0.15, -0.1) is 0 Å². The molecule has 64 valence electrons. The van der Waals surface area contributed by atoms with E-state index < -0.39 is 0 Å². The van der Waals surface area contributed by atoms with E-state index in [0.717, 1.165) is 17.0 Å². The van der Waals surface area contributed by atoms with Crippen LogP contribution in [0.2, 0.25) is 0 Å². The second-order valence-electron chi connectivity index (χ2n) is 2.59. The first kappa shape index (κ1) is 10.7. The Morgan fingerprint density at radius 1 is 1.73 bits per heavy atom. The molecule has 0 aliphatic rings. The zero-order valence-corrected chi connectivity index (χ0v) is 7.99. The molecule has 0 fully saturated rings. The lowest BCUT2D eigenvalue weighted by molar-refractivity contribution is 0.679. The van der Waals surface area contributed by atoms with Gasteiger partial charge in [0, 0.05) is 11.6 Å². The molecule has 0 aromatic heterocycles. The molecule has 0 aromatic carbocycles. The number of nitrogens with two attached hydrogens (primary N) is 1. The highest BCUT2D eigenvalue weighted by atomic mass is 35.5. The molecule has 2 heteroatoms. The highest BCUT2D eigenvalue weighted by Crippen LogP contribution is 2.22.